The third-order valence-corrected chi connectivity index (χ3v) is 5.77. The van der Waals surface area contributed by atoms with E-state index in [1.807, 2.05) is 0 Å². The summed E-state index contributed by atoms with van der Waals surface area (Å²) in [4.78, 5) is 39.9. The van der Waals surface area contributed by atoms with Crippen molar-refractivity contribution >= 4 is 17.7 Å². The van der Waals surface area contributed by atoms with Gasteiger partial charge in [0, 0.05) is 13.0 Å². The zero-order valence-electron chi connectivity index (χ0n) is 17.1. The SMILES string of the molecule is COc1cc([C@@]23CCN(C(=O)OC(C)(C)C)[C@@H]2CC(=O)CC3=O)cc2c1OCO2. The number of Topliss-reactive ketones (excluding diaryl/α,β-unsaturated/α-hetero) is 2. The molecule has 1 saturated carbocycles. The molecule has 1 saturated heterocycles. The van der Waals surface area contributed by atoms with E-state index in [1.54, 1.807) is 32.9 Å². The van der Waals surface area contributed by atoms with Gasteiger partial charge < -0.3 is 23.8 Å². The Hall–Kier alpha value is -2.77. The maximum Gasteiger partial charge on any atom is 0.410 e. The Kier molecular flexibility index (Phi) is 4.47. The van der Waals surface area contributed by atoms with Gasteiger partial charge in [-0.1, -0.05) is 0 Å². The first-order valence-electron chi connectivity index (χ1n) is 9.68. The smallest absolute Gasteiger partial charge is 0.410 e. The van der Waals surface area contributed by atoms with E-state index in [2.05, 4.69) is 0 Å². The Morgan fingerprint density at radius 2 is 2.00 bits per heavy atom. The minimum atomic E-state index is -1.00. The molecule has 2 fully saturated rings. The quantitative estimate of drug-likeness (QED) is 0.701. The topological polar surface area (TPSA) is 91.4 Å². The number of hydrogen-bond donors (Lipinski definition) is 0. The number of rotatable bonds is 2. The van der Waals surface area contributed by atoms with Crippen LogP contribution < -0.4 is 14.2 Å². The Labute approximate surface area is 169 Å². The summed E-state index contributed by atoms with van der Waals surface area (Å²) >= 11 is 0. The van der Waals surface area contributed by atoms with Crippen LogP contribution in [0.2, 0.25) is 0 Å². The van der Waals surface area contributed by atoms with Gasteiger partial charge in [0.15, 0.2) is 17.3 Å². The van der Waals surface area contributed by atoms with Gasteiger partial charge >= 0.3 is 6.09 Å². The van der Waals surface area contributed by atoms with Crippen molar-refractivity contribution < 1.29 is 33.3 Å². The Balaban J connectivity index is 1.79. The molecule has 2 aliphatic heterocycles. The van der Waals surface area contributed by atoms with Crippen molar-refractivity contribution in [1.29, 1.82) is 0 Å². The van der Waals surface area contributed by atoms with Gasteiger partial charge in [0.1, 0.15) is 11.4 Å². The average molecular weight is 403 g/mol. The van der Waals surface area contributed by atoms with Gasteiger partial charge in [-0.3, -0.25) is 9.59 Å². The summed E-state index contributed by atoms with van der Waals surface area (Å²) in [6.45, 7) is 5.76. The monoisotopic (exact) mass is 403 g/mol. The van der Waals surface area contributed by atoms with Crippen molar-refractivity contribution in [1.82, 2.24) is 4.90 Å². The predicted molar refractivity (Wildman–Crippen MR) is 101 cm³/mol. The largest absolute Gasteiger partial charge is 0.493 e. The normalized spacial score (nSPS) is 25.8. The number of likely N-dealkylation sites (tertiary alicyclic amines) is 1. The molecule has 0 unspecified atom stereocenters. The number of ketones is 2. The van der Waals surface area contributed by atoms with Gasteiger partial charge in [0.05, 0.1) is 25.0 Å². The molecule has 3 aliphatic rings. The number of benzene rings is 1. The molecule has 0 N–H and O–H groups in total. The maximum atomic E-state index is 13.2. The molecule has 1 aromatic carbocycles. The summed E-state index contributed by atoms with van der Waals surface area (Å²) in [6.07, 6.45) is -0.136. The molecule has 0 aromatic heterocycles. The van der Waals surface area contributed by atoms with Crippen LogP contribution in [0.1, 0.15) is 45.6 Å². The minimum Gasteiger partial charge on any atom is -0.493 e. The Bertz CT molecular complexity index is 888. The molecule has 8 nitrogen and oxygen atoms in total. The maximum absolute atomic E-state index is 13.2. The summed E-state index contributed by atoms with van der Waals surface area (Å²) in [5, 5.41) is 0. The zero-order chi connectivity index (χ0) is 21.0. The van der Waals surface area contributed by atoms with E-state index < -0.39 is 23.2 Å². The Morgan fingerprint density at radius 1 is 1.24 bits per heavy atom. The number of ether oxygens (including phenoxy) is 4. The molecule has 1 amide bonds. The third-order valence-electron chi connectivity index (χ3n) is 5.77. The number of carbonyl (C=O) groups excluding carboxylic acids is 3. The Morgan fingerprint density at radius 3 is 2.69 bits per heavy atom. The van der Waals surface area contributed by atoms with Gasteiger partial charge in [-0.25, -0.2) is 4.79 Å². The molecule has 0 spiro atoms. The molecule has 156 valence electrons. The highest BCUT2D eigenvalue weighted by Gasteiger charge is 2.59. The highest BCUT2D eigenvalue weighted by molar-refractivity contribution is 6.08. The minimum absolute atomic E-state index is 0.0715. The third kappa shape index (κ3) is 3.10. The first-order valence-corrected chi connectivity index (χ1v) is 9.68. The molecular formula is C21H25NO7. The van der Waals surface area contributed by atoms with Crippen LogP contribution in [-0.4, -0.2) is 54.7 Å². The zero-order valence-corrected chi connectivity index (χ0v) is 17.1. The lowest BCUT2D eigenvalue weighted by atomic mass is 9.65. The van der Waals surface area contributed by atoms with Crippen molar-refractivity contribution in [3.8, 4) is 17.2 Å². The number of nitrogens with zero attached hydrogens (tertiary/aromatic N) is 1. The fraction of sp³-hybridized carbons (Fsp3) is 0.571. The molecule has 0 radical (unpaired) electrons. The van der Waals surface area contributed by atoms with E-state index in [4.69, 9.17) is 18.9 Å². The van der Waals surface area contributed by atoms with Gasteiger partial charge in [-0.2, -0.15) is 0 Å². The molecule has 29 heavy (non-hydrogen) atoms. The molecule has 8 heteroatoms. The number of hydrogen-bond acceptors (Lipinski definition) is 7. The van der Waals surface area contributed by atoms with Gasteiger partial charge in [0.25, 0.3) is 0 Å². The van der Waals surface area contributed by atoms with Crippen LogP contribution in [0.5, 0.6) is 17.2 Å². The highest BCUT2D eigenvalue weighted by atomic mass is 16.7. The highest BCUT2D eigenvalue weighted by Crippen LogP contribution is 2.51. The van der Waals surface area contributed by atoms with E-state index in [0.29, 0.717) is 35.8 Å². The lowest BCUT2D eigenvalue weighted by Crippen LogP contribution is -2.54. The molecule has 2 heterocycles. The summed E-state index contributed by atoms with van der Waals surface area (Å²) in [7, 11) is 1.52. The van der Waals surface area contributed by atoms with Crippen LogP contribution in [0.25, 0.3) is 0 Å². The van der Waals surface area contributed by atoms with Crippen molar-refractivity contribution in [3.63, 3.8) is 0 Å². The van der Waals surface area contributed by atoms with Crippen LogP contribution in [0.3, 0.4) is 0 Å². The van der Waals surface area contributed by atoms with Crippen molar-refractivity contribution in [2.24, 2.45) is 0 Å². The van der Waals surface area contributed by atoms with Gasteiger partial charge in [0.2, 0.25) is 12.5 Å². The molecular weight excluding hydrogens is 378 g/mol. The second-order valence-electron chi connectivity index (χ2n) is 8.67. The molecule has 1 aromatic rings. The van der Waals surface area contributed by atoms with Gasteiger partial charge in [-0.05, 0) is 44.9 Å². The van der Waals surface area contributed by atoms with Crippen LogP contribution in [0.15, 0.2) is 12.1 Å². The van der Waals surface area contributed by atoms with Crippen LogP contribution >= 0.6 is 0 Å². The first-order chi connectivity index (χ1) is 13.7. The summed E-state index contributed by atoms with van der Waals surface area (Å²) in [6, 6.07) is 2.92. The van der Waals surface area contributed by atoms with E-state index in [9.17, 15) is 14.4 Å². The fourth-order valence-corrected chi connectivity index (χ4v) is 4.54. The standard InChI is InChI=1S/C21H25NO7/c1-20(2,3)29-19(25)22-6-5-21(16(22)9-13(23)10-17(21)24)12-7-14(26-4)18-15(8-12)27-11-28-18/h7-8,16H,5-6,9-11H2,1-4H3/t16-,21+/m1/s1. The van der Waals surface area contributed by atoms with Crippen LogP contribution in [0.4, 0.5) is 4.79 Å². The second kappa shape index (κ2) is 6.64. The lowest BCUT2D eigenvalue weighted by molar-refractivity contribution is -0.135. The van der Waals surface area contributed by atoms with Crippen molar-refractivity contribution in [3.05, 3.63) is 17.7 Å². The summed E-state index contributed by atoms with van der Waals surface area (Å²) in [5.41, 5.74) is -1.00. The number of amides is 1. The van der Waals surface area contributed by atoms with Crippen LogP contribution in [-0.2, 0) is 19.7 Å². The molecule has 4 rings (SSSR count). The average Bonchev–Trinajstić information content (AvgIpc) is 3.24. The number of fused-ring (bicyclic) bond motifs is 2. The summed E-state index contributed by atoms with van der Waals surface area (Å²) in [5.74, 6) is 1.09. The van der Waals surface area contributed by atoms with E-state index >= 15 is 0 Å². The number of methoxy groups -OCH3 is 1. The molecule has 0 bridgehead atoms. The second-order valence-corrected chi connectivity index (χ2v) is 8.67. The molecule has 2 atom stereocenters. The predicted octanol–water partition coefficient (Wildman–Crippen LogP) is 2.60. The summed E-state index contributed by atoms with van der Waals surface area (Å²) < 4.78 is 22.0. The van der Waals surface area contributed by atoms with Crippen molar-refractivity contribution in [2.75, 3.05) is 20.4 Å². The fourth-order valence-electron chi connectivity index (χ4n) is 4.54. The van der Waals surface area contributed by atoms with E-state index in [-0.39, 0.29) is 31.2 Å². The lowest BCUT2D eigenvalue weighted by Gasteiger charge is -2.40. The van der Waals surface area contributed by atoms with Gasteiger partial charge in [-0.15, -0.1) is 0 Å². The van der Waals surface area contributed by atoms with E-state index in [1.165, 1.54) is 12.0 Å². The van der Waals surface area contributed by atoms with Crippen LogP contribution in [0, 0.1) is 0 Å². The van der Waals surface area contributed by atoms with Crippen molar-refractivity contribution in [2.45, 2.75) is 57.1 Å². The molecule has 1 aliphatic carbocycles. The van der Waals surface area contributed by atoms with E-state index in [0.717, 1.165) is 0 Å². The first kappa shape index (κ1) is 19.5. The number of carbonyl (C=O) groups is 3.